The molecule has 1 aromatic carbocycles. The van der Waals surface area contributed by atoms with Crippen molar-refractivity contribution in [1.82, 2.24) is 15.2 Å². The molecule has 0 bridgehead atoms. The number of benzene rings is 1. The van der Waals surface area contributed by atoms with E-state index in [0.29, 0.717) is 12.4 Å². The molecule has 2 N–H and O–H groups in total. The highest BCUT2D eigenvalue weighted by Gasteiger charge is 1.99. The normalized spacial score (nSPS) is 10.2. The molecular weight excluding hydrogens is 188 g/mol. The molecule has 0 aliphatic heterocycles. The third-order valence-electron chi connectivity index (χ3n) is 2.13. The zero-order valence-electron chi connectivity index (χ0n) is 8.30. The van der Waals surface area contributed by atoms with Gasteiger partial charge in [-0.15, -0.1) is 5.10 Å². The van der Waals surface area contributed by atoms with Crippen LogP contribution in [0.1, 0.15) is 5.56 Å². The lowest BCUT2D eigenvalue weighted by atomic mass is 10.1. The number of hydrogen-bond acceptors (Lipinski definition) is 4. The van der Waals surface area contributed by atoms with Crippen LogP contribution in [0.25, 0.3) is 11.4 Å². The Labute approximate surface area is 88.2 Å². The summed E-state index contributed by atoms with van der Waals surface area (Å²) in [6.07, 6.45) is 4.09. The Hall–Kier alpha value is -1.81. The van der Waals surface area contributed by atoms with Crippen molar-refractivity contribution in [3.05, 3.63) is 42.2 Å². The average molecular weight is 200 g/mol. The van der Waals surface area contributed by atoms with Crippen LogP contribution in [-0.2, 0) is 6.42 Å². The molecule has 4 heteroatoms. The SMILES string of the molecule is NCCc1ccc(-c2nccnn2)cc1. The fraction of sp³-hybridized carbons (Fsp3) is 0.182. The fourth-order valence-electron chi connectivity index (χ4n) is 1.37. The molecule has 4 nitrogen and oxygen atoms in total. The first-order valence-electron chi connectivity index (χ1n) is 4.83. The molecule has 0 spiro atoms. The summed E-state index contributed by atoms with van der Waals surface area (Å²) in [5.74, 6) is 0.650. The molecule has 76 valence electrons. The molecule has 0 fully saturated rings. The Morgan fingerprint density at radius 3 is 2.47 bits per heavy atom. The third kappa shape index (κ3) is 2.35. The zero-order chi connectivity index (χ0) is 10.5. The molecule has 0 atom stereocenters. The van der Waals surface area contributed by atoms with E-state index in [-0.39, 0.29) is 0 Å². The van der Waals surface area contributed by atoms with Gasteiger partial charge in [-0.3, -0.25) is 0 Å². The average Bonchev–Trinajstić information content (AvgIpc) is 2.32. The molecular formula is C11H12N4. The number of hydrogen-bond donors (Lipinski definition) is 1. The van der Waals surface area contributed by atoms with Crippen LogP contribution in [0, 0.1) is 0 Å². The molecule has 0 aliphatic carbocycles. The summed E-state index contributed by atoms with van der Waals surface area (Å²) in [4.78, 5) is 4.13. The molecule has 0 saturated heterocycles. The van der Waals surface area contributed by atoms with E-state index in [0.717, 1.165) is 12.0 Å². The van der Waals surface area contributed by atoms with Crippen molar-refractivity contribution >= 4 is 0 Å². The van der Waals surface area contributed by atoms with Crippen molar-refractivity contribution in [1.29, 1.82) is 0 Å². The Morgan fingerprint density at radius 2 is 1.87 bits per heavy atom. The van der Waals surface area contributed by atoms with E-state index in [1.807, 2.05) is 24.3 Å². The van der Waals surface area contributed by atoms with Crippen LogP contribution in [0.3, 0.4) is 0 Å². The second-order valence-corrected chi connectivity index (χ2v) is 3.20. The first kappa shape index (κ1) is 9.73. The van der Waals surface area contributed by atoms with Gasteiger partial charge in [0.1, 0.15) is 0 Å². The number of nitrogens with two attached hydrogens (primary N) is 1. The predicted molar refractivity (Wildman–Crippen MR) is 58.0 cm³/mol. The summed E-state index contributed by atoms with van der Waals surface area (Å²) < 4.78 is 0. The van der Waals surface area contributed by atoms with Gasteiger partial charge < -0.3 is 5.73 Å². The minimum atomic E-state index is 0.650. The lowest BCUT2D eigenvalue weighted by molar-refractivity contribution is 0.964. The molecule has 2 rings (SSSR count). The largest absolute Gasteiger partial charge is 0.330 e. The number of rotatable bonds is 3. The maximum atomic E-state index is 5.48. The fourth-order valence-corrected chi connectivity index (χ4v) is 1.37. The molecule has 1 aromatic heterocycles. The van der Waals surface area contributed by atoms with E-state index in [1.54, 1.807) is 12.4 Å². The van der Waals surface area contributed by atoms with Crippen LogP contribution < -0.4 is 5.73 Å². The van der Waals surface area contributed by atoms with E-state index in [9.17, 15) is 0 Å². The molecule has 15 heavy (non-hydrogen) atoms. The predicted octanol–water partition coefficient (Wildman–Crippen LogP) is 1.04. The molecule has 1 heterocycles. The van der Waals surface area contributed by atoms with Crippen LogP contribution in [0.2, 0.25) is 0 Å². The van der Waals surface area contributed by atoms with Crippen molar-refractivity contribution in [2.45, 2.75) is 6.42 Å². The second kappa shape index (κ2) is 4.61. The van der Waals surface area contributed by atoms with Gasteiger partial charge in [-0.25, -0.2) is 4.98 Å². The van der Waals surface area contributed by atoms with E-state index in [1.165, 1.54) is 5.56 Å². The minimum absolute atomic E-state index is 0.650. The molecule has 0 amide bonds. The highest BCUT2D eigenvalue weighted by molar-refractivity contribution is 5.54. The lowest BCUT2D eigenvalue weighted by Gasteiger charge is -2.00. The first-order valence-corrected chi connectivity index (χ1v) is 4.83. The highest BCUT2D eigenvalue weighted by atomic mass is 15.1. The Morgan fingerprint density at radius 1 is 1.07 bits per heavy atom. The van der Waals surface area contributed by atoms with Crippen LogP contribution in [0.5, 0.6) is 0 Å². The Bertz CT molecular complexity index is 410. The Kier molecular flexibility index (Phi) is 2.99. The van der Waals surface area contributed by atoms with Crippen LogP contribution >= 0.6 is 0 Å². The van der Waals surface area contributed by atoms with Gasteiger partial charge in [0.2, 0.25) is 0 Å². The van der Waals surface area contributed by atoms with Crippen molar-refractivity contribution in [3.8, 4) is 11.4 Å². The van der Waals surface area contributed by atoms with Crippen LogP contribution in [-0.4, -0.2) is 21.7 Å². The van der Waals surface area contributed by atoms with Gasteiger partial charge in [0.15, 0.2) is 5.82 Å². The molecule has 0 aliphatic rings. The summed E-state index contributed by atoms with van der Waals surface area (Å²) in [5, 5.41) is 7.73. The summed E-state index contributed by atoms with van der Waals surface area (Å²) in [6.45, 7) is 0.669. The van der Waals surface area contributed by atoms with Gasteiger partial charge >= 0.3 is 0 Å². The van der Waals surface area contributed by atoms with E-state index < -0.39 is 0 Å². The minimum Gasteiger partial charge on any atom is -0.330 e. The van der Waals surface area contributed by atoms with Gasteiger partial charge in [0.05, 0.1) is 6.20 Å². The first-order chi connectivity index (χ1) is 7.40. The monoisotopic (exact) mass is 200 g/mol. The lowest BCUT2D eigenvalue weighted by Crippen LogP contribution is -2.02. The quantitative estimate of drug-likeness (QED) is 0.804. The van der Waals surface area contributed by atoms with Gasteiger partial charge in [-0.05, 0) is 18.5 Å². The van der Waals surface area contributed by atoms with Crippen molar-refractivity contribution in [2.24, 2.45) is 5.73 Å². The zero-order valence-corrected chi connectivity index (χ0v) is 8.30. The van der Waals surface area contributed by atoms with Crippen LogP contribution in [0.15, 0.2) is 36.7 Å². The van der Waals surface area contributed by atoms with Gasteiger partial charge in [-0.2, -0.15) is 5.10 Å². The Balaban J connectivity index is 2.24. The van der Waals surface area contributed by atoms with E-state index >= 15 is 0 Å². The van der Waals surface area contributed by atoms with Crippen molar-refractivity contribution in [2.75, 3.05) is 6.54 Å². The highest BCUT2D eigenvalue weighted by Crippen LogP contribution is 2.13. The number of nitrogens with zero attached hydrogens (tertiary/aromatic N) is 3. The second-order valence-electron chi connectivity index (χ2n) is 3.20. The smallest absolute Gasteiger partial charge is 0.181 e. The molecule has 0 saturated carbocycles. The summed E-state index contributed by atoms with van der Waals surface area (Å²) in [5.41, 5.74) is 7.68. The van der Waals surface area contributed by atoms with E-state index in [4.69, 9.17) is 5.73 Å². The maximum absolute atomic E-state index is 5.48. The standard InChI is InChI=1S/C11H12N4/c12-6-5-9-1-3-10(4-2-9)11-13-7-8-14-15-11/h1-4,7-8H,5-6,12H2. The van der Waals surface area contributed by atoms with Gasteiger partial charge in [-0.1, -0.05) is 24.3 Å². The van der Waals surface area contributed by atoms with Gasteiger partial charge in [0, 0.05) is 11.8 Å². The maximum Gasteiger partial charge on any atom is 0.181 e. The van der Waals surface area contributed by atoms with Gasteiger partial charge in [0.25, 0.3) is 0 Å². The third-order valence-corrected chi connectivity index (χ3v) is 2.13. The van der Waals surface area contributed by atoms with E-state index in [2.05, 4.69) is 15.2 Å². The van der Waals surface area contributed by atoms with Crippen molar-refractivity contribution in [3.63, 3.8) is 0 Å². The topological polar surface area (TPSA) is 64.7 Å². The number of aromatic nitrogens is 3. The summed E-state index contributed by atoms with van der Waals surface area (Å²) in [7, 11) is 0. The molecule has 0 radical (unpaired) electrons. The molecule has 0 unspecified atom stereocenters. The van der Waals surface area contributed by atoms with Crippen molar-refractivity contribution < 1.29 is 0 Å². The molecule has 2 aromatic rings. The summed E-state index contributed by atoms with van der Waals surface area (Å²) in [6, 6.07) is 8.06. The van der Waals surface area contributed by atoms with Crippen LogP contribution in [0.4, 0.5) is 0 Å². The summed E-state index contributed by atoms with van der Waals surface area (Å²) >= 11 is 0.